The van der Waals surface area contributed by atoms with Crippen molar-refractivity contribution in [2.24, 2.45) is 0 Å². The molecular formula is C19H22N4OS. The number of carbonyl (C=O) groups is 1. The van der Waals surface area contributed by atoms with E-state index < -0.39 is 0 Å². The van der Waals surface area contributed by atoms with Gasteiger partial charge in [0.05, 0.1) is 11.9 Å². The summed E-state index contributed by atoms with van der Waals surface area (Å²) in [4.78, 5) is 23.9. The van der Waals surface area contributed by atoms with Crippen molar-refractivity contribution in [3.05, 3.63) is 41.5 Å². The van der Waals surface area contributed by atoms with Crippen molar-refractivity contribution < 1.29 is 4.79 Å². The van der Waals surface area contributed by atoms with Crippen LogP contribution < -0.4 is 10.2 Å². The number of fused-ring (bicyclic) bond motifs is 1. The van der Waals surface area contributed by atoms with Crippen molar-refractivity contribution in [1.82, 2.24) is 15.3 Å². The number of nitrogens with one attached hydrogen (secondary N) is 1. The molecule has 1 N–H and O–H groups in total. The molecule has 0 bridgehead atoms. The molecule has 6 heteroatoms. The topological polar surface area (TPSA) is 58.1 Å². The number of hydrogen-bond acceptors (Lipinski definition) is 5. The molecule has 130 valence electrons. The number of likely N-dealkylation sites (N-methyl/N-ethyl adjacent to an activating group) is 2. The molecule has 0 unspecified atom stereocenters. The zero-order valence-electron chi connectivity index (χ0n) is 14.7. The van der Waals surface area contributed by atoms with Crippen LogP contribution >= 0.6 is 11.3 Å². The lowest BCUT2D eigenvalue weighted by molar-refractivity contribution is -0.119. The third-order valence-corrected chi connectivity index (χ3v) is 4.99. The molecule has 2 heterocycles. The maximum Gasteiger partial charge on any atom is 0.239 e. The van der Waals surface area contributed by atoms with Crippen molar-refractivity contribution in [2.75, 3.05) is 24.5 Å². The zero-order valence-corrected chi connectivity index (χ0v) is 15.6. The minimum absolute atomic E-state index is 0.00299. The number of aromatic nitrogens is 2. The second-order valence-electron chi connectivity index (χ2n) is 5.86. The minimum Gasteiger partial charge on any atom is -0.355 e. The van der Waals surface area contributed by atoms with Gasteiger partial charge in [-0.1, -0.05) is 29.8 Å². The number of rotatable bonds is 6. The van der Waals surface area contributed by atoms with Crippen LogP contribution in [0.3, 0.4) is 0 Å². The number of benzene rings is 1. The number of aryl methyl sites for hydroxylation is 1. The fourth-order valence-corrected chi connectivity index (χ4v) is 3.72. The Morgan fingerprint density at radius 1 is 1.20 bits per heavy atom. The first kappa shape index (κ1) is 17.4. The van der Waals surface area contributed by atoms with Gasteiger partial charge in [0.25, 0.3) is 0 Å². The van der Waals surface area contributed by atoms with Gasteiger partial charge in [-0.3, -0.25) is 4.79 Å². The predicted molar refractivity (Wildman–Crippen MR) is 104 cm³/mol. The average molecular weight is 354 g/mol. The molecule has 0 saturated heterocycles. The molecule has 3 aromatic rings. The van der Waals surface area contributed by atoms with Crippen LogP contribution in [-0.2, 0) is 4.79 Å². The molecule has 0 aliphatic rings. The Labute approximate surface area is 151 Å². The molecule has 2 aromatic heterocycles. The van der Waals surface area contributed by atoms with Crippen molar-refractivity contribution in [3.8, 4) is 11.1 Å². The van der Waals surface area contributed by atoms with Gasteiger partial charge in [0, 0.05) is 24.0 Å². The second-order valence-corrected chi connectivity index (χ2v) is 6.72. The SMILES string of the molecule is CCNC(=O)CN(CC)c1ncnc2scc(-c3ccc(C)cc3)c12. The number of anilines is 1. The number of nitrogens with zero attached hydrogens (tertiary/aromatic N) is 3. The average Bonchev–Trinajstić information content (AvgIpc) is 3.05. The molecule has 0 spiro atoms. The summed E-state index contributed by atoms with van der Waals surface area (Å²) < 4.78 is 0. The van der Waals surface area contributed by atoms with E-state index in [2.05, 4.69) is 51.9 Å². The second kappa shape index (κ2) is 7.61. The Balaban J connectivity index is 2.07. The lowest BCUT2D eigenvalue weighted by Gasteiger charge is -2.22. The van der Waals surface area contributed by atoms with E-state index in [1.165, 1.54) is 5.56 Å². The van der Waals surface area contributed by atoms with Gasteiger partial charge in [0.15, 0.2) is 0 Å². The highest BCUT2D eigenvalue weighted by Gasteiger charge is 2.18. The van der Waals surface area contributed by atoms with Crippen LogP contribution in [0.25, 0.3) is 21.3 Å². The summed E-state index contributed by atoms with van der Waals surface area (Å²) in [5.74, 6) is 0.818. The fraction of sp³-hybridized carbons (Fsp3) is 0.316. The van der Waals surface area contributed by atoms with E-state index in [1.807, 2.05) is 18.7 Å². The molecule has 1 amide bonds. The van der Waals surface area contributed by atoms with Crippen LogP contribution in [0.5, 0.6) is 0 Å². The van der Waals surface area contributed by atoms with E-state index in [0.717, 1.165) is 27.2 Å². The monoisotopic (exact) mass is 354 g/mol. The van der Waals surface area contributed by atoms with Gasteiger partial charge in [-0.05, 0) is 26.3 Å². The van der Waals surface area contributed by atoms with Crippen molar-refractivity contribution in [3.63, 3.8) is 0 Å². The number of thiophene rings is 1. The first-order chi connectivity index (χ1) is 12.1. The molecule has 0 fully saturated rings. The molecule has 0 atom stereocenters. The lowest BCUT2D eigenvalue weighted by atomic mass is 10.0. The fourth-order valence-electron chi connectivity index (χ4n) is 2.81. The third-order valence-electron chi connectivity index (χ3n) is 4.10. The quantitative estimate of drug-likeness (QED) is 0.734. The first-order valence-corrected chi connectivity index (χ1v) is 9.32. The standard InChI is InChI=1S/C19H22N4OS/c1-4-20-16(24)10-23(5-2)18-17-15(11-25-19(17)22-12-21-18)14-8-6-13(3)7-9-14/h6-9,11-12H,4-5,10H2,1-3H3,(H,20,24). The van der Waals surface area contributed by atoms with Crippen LogP contribution in [0.15, 0.2) is 36.0 Å². The Morgan fingerprint density at radius 3 is 2.64 bits per heavy atom. The van der Waals surface area contributed by atoms with E-state index in [1.54, 1.807) is 17.7 Å². The maximum absolute atomic E-state index is 12.1. The number of hydrogen-bond donors (Lipinski definition) is 1. The van der Waals surface area contributed by atoms with Crippen molar-refractivity contribution in [2.45, 2.75) is 20.8 Å². The van der Waals surface area contributed by atoms with Gasteiger partial charge in [0.2, 0.25) is 5.91 Å². The summed E-state index contributed by atoms with van der Waals surface area (Å²) in [5.41, 5.74) is 3.48. The van der Waals surface area contributed by atoms with Crippen LogP contribution in [0.4, 0.5) is 5.82 Å². The van der Waals surface area contributed by atoms with Crippen LogP contribution in [-0.4, -0.2) is 35.5 Å². The largest absolute Gasteiger partial charge is 0.355 e. The van der Waals surface area contributed by atoms with Crippen molar-refractivity contribution in [1.29, 1.82) is 0 Å². The normalized spacial score (nSPS) is 10.8. The van der Waals surface area contributed by atoms with E-state index in [9.17, 15) is 4.79 Å². The lowest BCUT2D eigenvalue weighted by Crippen LogP contribution is -2.37. The van der Waals surface area contributed by atoms with Gasteiger partial charge >= 0.3 is 0 Å². The third kappa shape index (κ3) is 3.64. The summed E-state index contributed by atoms with van der Waals surface area (Å²) in [6.45, 7) is 7.65. The maximum atomic E-state index is 12.1. The van der Waals surface area contributed by atoms with Gasteiger partial charge in [-0.2, -0.15) is 0 Å². The Bertz CT molecular complexity index is 873. The van der Waals surface area contributed by atoms with E-state index in [4.69, 9.17) is 0 Å². The van der Waals surface area contributed by atoms with E-state index >= 15 is 0 Å². The molecule has 1 aromatic carbocycles. The molecule has 3 rings (SSSR count). The van der Waals surface area contributed by atoms with Crippen LogP contribution in [0, 0.1) is 6.92 Å². The zero-order chi connectivity index (χ0) is 17.8. The smallest absolute Gasteiger partial charge is 0.239 e. The predicted octanol–water partition coefficient (Wildman–Crippen LogP) is 3.63. The number of carbonyl (C=O) groups excluding carboxylic acids is 1. The Hall–Kier alpha value is -2.47. The van der Waals surface area contributed by atoms with E-state index in [-0.39, 0.29) is 5.91 Å². The molecule has 5 nitrogen and oxygen atoms in total. The molecular weight excluding hydrogens is 332 g/mol. The summed E-state index contributed by atoms with van der Waals surface area (Å²) >= 11 is 1.61. The molecule has 0 aliphatic heterocycles. The van der Waals surface area contributed by atoms with Gasteiger partial charge in [0.1, 0.15) is 17.0 Å². The van der Waals surface area contributed by atoms with E-state index in [0.29, 0.717) is 19.6 Å². The van der Waals surface area contributed by atoms with Gasteiger partial charge < -0.3 is 10.2 Å². The Morgan fingerprint density at radius 2 is 1.96 bits per heavy atom. The van der Waals surface area contributed by atoms with Crippen molar-refractivity contribution >= 4 is 33.3 Å². The molecule has 0 aliphatic carbocycles. The highest BCUT2D eigenvalue weighted by Crippen LogP contribution is 2.37. The van der Waals surface area contributed by atoms with Gasteiger partial charge in [-0.15, -0.1) is 11.3 Å². The molecule has 0 radical (unpaired) electrons. The summed E-state index contributed by atoms with van der Waals surface area (Å²) in [6, 6.07) is 8.45. The number of amides is 1. The Kier molecular flexibility index (Phi) is 5.28. The van der Waals surface area contributed by atoms with Gasteiger partial charge in [-0.25, -0.2) is 9.97 Å². The van der Waals surface area contributed by atoms with Crippen LogP contribution in [0.2, 0.25) is 0 Å². The molecule has 25 heavy (non-hydrogen) atoms. The summed E-state index contributed by atoms with van der Waals surface area (Å²) in [7, 11) is 0. The first-order valence-electron chi connectivity index (χ1n) is 8.44. The minimum atomic E-state index is 0.00299. The summed E-state index contributed by atoms with van der Waals surface area (Å²) in [5, 5.41) is 5.99. The highest BCUT2D eigenvalue weighted by molar-refractivity contribution is 7.17. The molecule has 0 saturated carbocycles. The summed E-state index contributed by atoms with van der Waals surface area (Å²) in [6.07, 6.45) is 1.58. The highest BCUT2D eigenvalue weighted by atomic mass is 32.1. The van der Waals surface area contributed by atoms with Crippen LogP contribution in [0.1, 0.15) is 19.4 Å².